The van der Waals surface area contributed by atoms with Gasteiger partial charge in [0.25, 0.3) is 5.91 Å². The minimum Gasteiger partial charge on any atom is -0.467 e. The first-order valence-electron chi connectivity index (χ1n) is 10.8. The van der Waals surface area contributed by atoms with Crippen LogP contribution in [0.5, 0.6) is 0 Å². The molecule has 0 saturated carbocycles. The molecule has 9 heteroatoms. The number of aliphatic hydroxyl groups excluding tert-OH is 1. The number of nitrogens with zero attached hydrogens (tertiary/aromatic N) is 2. The number of carbonyl (C=O) groups is 3. The van der Waals surface area contributed by atoms with Gasteiger partial charge in [-0.2, -0.15) is 0 Å². The zero-order valence-electron chi connectivity index (χ0n) is 18.9. The summed E-state index contributed by atoms with van der Waals surface area (Å²) >= 11 is 1.44. The van der Waals surface area contributed by atoms with Gasteiger partial charge in [0.1, 0.15) is 17.2 Å². The summed E-state index contributed by atoms with van der Waals surface area (Å²) in [6.45, 7) is 5.78. The molecule has 1 unspecified atom stereocenters. The zero-order valence-corrected chi connectivity index (χ0v) is 19.7. The van der Waals surface area contributed by atoms with Gasteiger partial charge in [0.05, 0.1) is 12.5 Å². The lowest BCUT2D eigenvalue weighted by Gasteiger charge is -2.41. The van der Waals surface area contributed by atoms with Gasteiger partial charge in [-0.15, -0.1) is 11.8 Å². The van der Waals surface area contributed by atoms with Crippen LogP contribution in [0.1, 0.15) is 51.7 Å². The Bertz CT molecular complexity index is 919. The van der Waals surface area contributed by atoms with E-state index < -0.39 is 34.8 Å². The maximum atomic E-state index is 14.0. The molecule has 3 saturated heterocycles. The molecule has 1 spiro atoms. The third-order valence-corrected chi connectivity index (χ3v) is 7.92. The molecule has 1 aromatic carbocycles. The molecule has 0 bridgehead atoms. The molecule has 1 aromatic rings. The second-order valence-electron chi connectivity index (χ2n) is 9.64. The van der Waals surface area contributed by atoms with E-state index in [1.807, 2.05) is 6.07 Å². The number of likely N-dealkylation sites (tertiary alicyclic amines) is 1. The van der Waals surface area contributed by atoms with Crippen LogP contribution in [0.2, 0.25) is 0 Å². The summed E-state index contributed by atoms with van der Waals surface area (Å²) < 4.78 is 10.7. The minimum atomic E-state index is -1.56. The van der Waals surface area contributed by atoms with Gasteiger partial charge in [0.15, 0.2) is 5.54 Å². The molecular formula is C23H30N2O6S. The van der Waals surface area contributed by atoms with Crippen LogP contribution in [0.3, 0.4) is 0 Å². The molecule has 32 heavy (non-hydrogen) atoms. The third-order valence-electron chi connectivity index (χ3n) is 6.55. The number of carbonyl (C=O) groups excluding carboxylic acids is 3. The SMILES string of the molecule is COC(=O)[C@]1(C(O)c2ccccc2)CS[C@@H]2C[C@@]3(CCCN3C(=O)OC(C)(C)C)C(=O)N21. The van der Waals surface area contributed by atoms with Crippen molar-refractivity contribution >= 4 is 29.7 Å². The molecule has 8 nitrogen and oxygen atoms in total. The van der Waals surface area contributed by atoms with E-state index >= 15 is 0 Å². The van der Waals surface area contributed by atoms with Crippen LogP contribution in [0.25, 0.3) is 0 Å². The second kappa shape index (κ2) is 7.95. The largest absolute Gasteiger partial charge is 0.467 e. The first kappa shape index (κ1) is 22.9. The molecule has 3 aliphatic heterocycles. The summed E-state index contributed by atoms with van der Waals surface area (Å²) in [4.78, 5) is 43.2. The summed E-state index contributed by atoms with van der Waals surface area (Å²) in [7, 11) is 1.26. The maximum Gasteiger partial charge on any atom is 0.411 e. The molecule has 2 amide bonds. The van der Waals surface area contributed by atoms with E-state index in [-0.39, 0.29) is 17.0 Å². The van der Waals surface area contributed by atoms with Crippen molar-refractivity contribution in [3.05, 3.63) is 35.9 Å². The quantitative estimate of drug-likeness (QED) is 0.690. The molecular weight excluding hydrogens is 432 g/mol. The first-order valence-corrected chi connectivity index (χ1v) is 11.9. The highest BCUT2D eigenvalue weighted by atomic mass is 32.2. The molecule has 174 valence electrons. The van der Waals surface area contributed by atoms with Crippen molar-refractivity contribution in [1.82, 2.24) is 9.80 Å². The highest BCUT2D eigenvalue weighted by Crippen LogP contribution is 2.55. The molecule has 1 N–H and O–H groups in total. The van der Waals surface area contributed by atoms with Crippen molar-refractivity contribution in [1.29, 1.82) is 0 Å². The summed E-state index contributed by atoms with van der Waals surface area (Å²) in [5, 5.41) is 11.0. The Morgan fingerprint density at radius 3 is 2.56 bits per heavy atom. The van der Waals surface area contributed by atoms with Gasteiger partial charge in [-0.05, 0) is 39.2 Å². The van der Waals surface area contributed by atoms with Crippen molar-refractivity contribution < 1.29 is 29.0 Å². The topological polar surface area (TPSA) is 96.4 Å². The van der Waals surface area contributed by atoms with E-state index in [1.165, 1.54) is 28.7 Å². The van der Waals surface area contributed by atoms with Crippen molar-refractivity contribution in [2.24, 2.45) is 0 Å². The number of benzene rings is 1. The van der Waals surface area contributed by atoms with E-state index in [0.29, 0.717) is 31.4 Å². The normalized spacial score (nSPS) is 30.5. The number of hydrogen-bond acceptors (Lipinski definition) is 7. The van der Waals surface area contributed by atoms with Crippen LogP contribution in [0, 0.1) is 0 Å². The standard InChI is InChI=1S/C23H30N2O6S/c1-21(2,3)31-20(29)24-12-8-11-22(24)13-16-25(18(22)27)23(14-32-16,19(28)30-4)17(26)15-9-6-5-7-10-15/h5-7,9-10,16-17,26H,8,11-14H2,1-4H3/t16-,17?,22+,23-/m1/s1. The highest BCUT2D eigenvalue weighted by molar-refractivity contribution is 8.00. The van der Waals surface area contributed by atoms with Crippen molar-refractivity contribution in [2.45, 2.75) is 68.2 Å². The van der Waals surface area contributed by atoms with Crippen molar-refractivity contribution in [2.75, 3.05) is 19.4 Å². The molecule has 3 heterocycles. The number of ether oxygens (including phenoxy) is 2. The Kier molecular flexibility index (Phi) is 5.69. The van der Waals surface area contributed by atoms with Crippen LogP contribution in [-0.2, 0) is 19.1 Å². The van der Waals surface area contributed by atoms with Crippen molar-refractivity contribution in [3.8, 4) is 0 Å². The summed E-state index contributed by atoms with van der Waals surface area (Å²) in [6.07, 6.45) is -0.235. The number of rotatable bonds is 3. The lowest BCUT2D eigenvalue weighted by atomic mass is 9.86. The van der Waals surface area contributed by atoms with Gasteiger partial charge in [-0.25, -0.2) is 9.59 Å². The fourth-order valence-corrected chi connectivity index (χ4v) is 6.84. The fourth-order valence-electron chi connectivity index (χ4n) is 5.15. The molecule has 4 atom stereocenters. The minimum absolute atomic E-state index is 0.217. The van der Waals surface area contributed by atoms with Crippen LogP contribution in [-0.4, -0.2) is 74.3 Å². The fraction of sp³-hybridized carbons (Fsp3) is 0.609. The van der Waals surface area contributed by atoms with Gasteiger partial charge < -0.3 is 19.5 Å². The molecule has 0 aromatic heterocycles. The van der Waals surface area contributed by atoms with E-state index in [2.05, 4.69) is 0 Å². The van der Waals surface area contributed by atoms with Crippen LogP contribution < -0.4 is 0 Å². The average molecular weight is 463 g/mol. The van der Waals surface area contributed by atoms with Crippen molar-refractivity contribution in [3.63, 3.8) is 0 Å². The van der Waals surface area contributed by atoms with E-state index in [4.69, 9.17) is 9.47 Å². The van der Waals surface area contributed by atoms with E-state index in [1.54, 1.807) is 45.0 Å². The number of fused-ring (bicyclic) bond motifs is 1. The van der Waals surface area contributed by atoms with Gasteiger partial charge in [-0.3, -0.25) is 9.69 Å². The number of thioether (sulfide) groups is 1. The Morgan fingerprint density at radius 1 is 1.25 bits per heavy atom. The number of amides is 2. The van der Waals surface area contributed by atoms with E-state index in [0.717, 1.165) is 0 Å². The Labute approximate surface area is 192 Å². The Morgan fingerprint density at radius 2 is 1.94 bits per heavy atom. The second-order valence-corrected chi connectivity index (χ2v) is 10.8. The number of aliphatic hydroxyl groups is 1. The molecule has 3 aliphatic rings. The number of esters is 1. The maximum absolute atomic E-state index is 14.0. The number of methoxy groups -OCH3 is 1. The third kappa shape index (κ3) is 3.37. The lowest BCUT2D eigenvalue weighted by Crippen LogP contribution is -2.63. The molecule has 0 aliphatic carbocycles. The lowest BCUT2D eigenvalue weighted by molar-refractivity contribution is -0.168. The Balaban J connectivity index is 1.73. The van der Waals surface area contributed by atoms with E-state index in [9.17, 15) is 19.5 Å². The van der Waals surface area contributed by atoms with Gasteiger partial charge in [-0.1, -0.05) is 30.3 Å². The summed E-state index contributed by atoms with van der Waals surface area (Å²) in [5.41, 5.74) is -2.79. The zero-order chi connectivity index (χ0) is 23.3. The molecule has 0 radical (unpaired) electrons. The van der Waals surface area contributed by atoms with Crippen LogP contribution in [0.4, 0.5) is 4.79 Å². The smallest absolute Gasteiger partial charge is 0.411 e. The molecule has 4 rings (SSSR count). The molecule has 3 fully saturated rings. The Hall–Kier alpha value is -2.26. The summed E-state index contributed by atoms with van der Waals surface area (Å²) in [6, 6.07) is 8.83. The highest BCUT2D eigenvalue weighted by Gasteiger charge is 2.70. The first-order chi connectivity index (χ1) is 15.1. The van der Waals surface area contributed by atoms with Gasteiger partial charge in [0, 0.05) is 18.7 Å². The predicted octanol–water partition coefficient (Wildman–Crippen LogP) is 2.71. The summed E-state index contributed by atoms with van der Waals surface area (Å²) in [5.74, 6) is -0.762. The number of hydrogen-bond donors (Lipinski definition) is 1. The van der Waals surface area contributed by atoms with Crippen LogP contribution >= 0.6 is 11.8 Å². The average Bonchev–Trinajstić information content (AvgIpc) is 3.42. The monoisotopic (exact) mass is 462 g/mol. The predicted molar refractivity (Wildman–Crippen MR) is 119 cm³/mol. The van der Waals surface area contributed by atoms with Crippen LogP contribution in [0.15, 0.2) is 30.3 Å². The van der Waals surface area contributed by atoms with Gasteiger partial charge in [0.2, 0.25) is 0 Å². The van der Waals surface area contributed by atoms with Gasteiger partial charge >= 0.3 is 12.1 Å².